The zero-order chi connectivity index (χ0) is 13.8. The molecule has 0 aliphatic heterocycles. The van der Waals surface area contributed by atoms with Crippen LogP contribution in [0.4, 0.5) is 4.39 Å². The summed E-state index contributed by atoms with van der Waals surface area (Å²) in [7, 11) is 0. The van der Waals surface area contributed by atoms with E-state index in [4.69, 9.17) is 17.3 Å². The van der Waals surface area contributed by atoms with E-state index < -0.39 is 0 Å². The Hall–Kier alpha value is -0.600. The van der Waals surface area contributed by atoms with Crippen LogP contribution in [0, 0.1) is 18.7 Å². The minimum atomic E-state index is -0.254. The smallest absolute Gasteiger partial charge is 0.127 e. The lowest BCUT2D eigenvalue weighted by molar-refractivity contribution is 0.392. The average Bonchev–Trinajstić information content (AvgIpc) is 2.62. The summed E-state index contributed by atoms with van der Waals surface area (Å²) in [5, 5.41) is 0.462. The fraction of sp³-hybridized carbons (Fsp3) is 0.625. The SMILES string of the molecule is Cc1cc(C(N)CC2CCCCCC2)c(Cl)cc1F. The lowest BCUT2D eigenvalue weighted by atomic mass is 9.89. The topological polar surface area (TPSA) is 26.0 Å². The molecule has 0 aromatic heterocycles. The summed E-state index contributed by atoms with van der Waals surface area (Å²) >= 11 is 6.13. The summed E-state index contributed by atoms with van der Waals surface area (Å²) in [6.45, 7) is 1.76. The third kappa shape index (κ3) is 3.93. The molecule has 1 fully saturated rings. The van der Waals surface area contributed by atoms with Gasteiger partial charge in [0.2, 0.25) is 0 Å². The summed E-state index contributed by atoms with van der Waals surface area (Å²) in [5.74, 6) is 0.439. The molecule has 0 heterocycles. The number of hydrogen-bond acceptors (Lipinski definition) is 1. The lowest BCUT2D eigenvalue weighted by Gasteiger charge is -2.21. The molecule has 1 aromatic rings. The van der Waals surface area contributed by atoms with Crippen LogP contribution in [-0.2, 0) is 0 Å². The van der Waals surface area contributed by atoms with Crippen molar-refractivity contribution in [2.45, 2.75) is 57.9 Å². The highest BCUT2D eigenvalue weighted by atomic mass is 35.5. The van der Waals surface area contributed by atoms with Crippen LogP contribution >= 0.6 is 11.6 Å². The molecule has 0 amide bonds. The van der Waals surface area contributed by atoms with Gasteiger partial charge in [-0.15, -0.1) is 0 Å². The molecule has 1 nitrogen and oxygen atoms in total. The molecule has 1 atom stereocenters. The highest BCUT2D eigenvalue weighted by molar-refractivity contribution is 6.31. The maximum atomic E-state index is 13.4. The Kier molecular flexibility index (Phi) is 5.23. The first-order chi connectivity index (χ1) is 9.08. The molecule has 1 aliphatic carbocycles. The van der Waals surface area contributed by atoms with Crippen LogP contribution in [0.3, 0.4) is 0 Å². The molecule has 0 spiro atoms. The minimum absolute atomic E-state index is 0.0742. The molecule has 1 aliphatic rings. The van der Waals surface area contributed by atoms with Crippen molar-refractivity contribution < 1.29 is 4.39 Å². The van der Waals surface area contributed by atoms with Crippen molar-refractivity contribution >= 4 is 11.6 Å². The molecule has 19 heavy (non-hydrogen) atoms. The van der Waals surface area contributed by atoms with Crippen LogP contribution < -0.4 is 5.73 Å². The zero-order valence-electron chi connectivity index (χ0n) is 11.6. The Morgan fingerprint density at radius 3 is 2.53 bits per heavy atom. The van der Waals surface area contributed by atoms with E-state index in [0.29, 0.717) is 16.5 Å². The van der Waals surface area contributed by atoms with Gasteiger partial charge >= 0.3 is 0 Å². The van der Waals surface area contributed by atoms with E-state index in [1.807, 2.05) is 0 Å². The van der Waals surface area contributed by atoms with Crippen LogP contribution in [0.2, 0.25) is 5.02 Å². The number of halogens is 2. The third-order valence-electron chi connectivity index (χ3n) is 4.24. The third-order valence-corrected chi connectivity index (χ3v) is 4.57. The Labute approximate surface area is 120 Å². The second kappa shape index (κ2) is 6.71. The summed E-state index contributed by atoms with van der Waals surface area (Å²) in [6.07, 6.45) is 8.83. The van der Waals surface area contributed by atoms with E-state index in [9.17, 15) is 4.39 Å². The van der Waals surface area contributed by atoms with Crippen molar-refractivity contribution in [3.8, 4) is 0 Å². The summed E-state index contributed by atoms with van der Waals surface area (Å²) in [5.41, 5.74) is 7.80. The molecule has 0 saturated heterocycles. The van der Waals surface area contributed by atoms with Crippen LogP contribution in [0.25, 0.3) is 0 Å². The largest absolute Gasteiger partial charge is 0.324 e. The van der Waals surface area contributed by atoms with E-state index in [-0.39, 0.29) is 11.9 Å². The molecular formula is C16H23ClFN. The van der Waals surface area contributed by atoms with Crippen LogP contribution in [0.15, 0.2) is 12.1 Å². The Morgan fingerprint density at radius 1 is 1.26 bits per heavy atom. The van der Waals surface area contributed by atoms with Gasteiger partial charge in [-0.2, -0.15) is 0 Å². The van der Waals surface area contributed by atoms with Gasteiger partial charge < -0.3 is 5.73 Å². The normalized spacial score (nSPS) is 19.2. The van der Waals surface area contributed by atoms with Gasteiger partial charge in [-0.3, -0.25) is 0 Å². The minimum Gasteiger partial charge on any atom is -0.324 e. The average molecular weight is 284 g/mol. The van der Waals surface area contributed by atoms with E-state index in [2.05, 4.69) is 0 Å². The van der Waals surface area contributed by atoms with Gasteiger partial charge in [-0.1, -0.05) is 56.2 Å². The Balaban J connectivity index is 2.06. The quantitative estimate of drug-likeness (QED) is 0.763. The van der Waals surface area contributed by atoms with Crippen LogP contribution in [0.1, 0.15) is 62.1 Å². The van der Waals surface area contributed by atoms with Gasteiger partial charge in [0.1, 0.15) is 5.82 Å². The molecule has 0 radical (unpaired) electrons. The number of rotatable bonds is 3. The van der Waals surface area contributed by atoms with Gasteiger partial charge in [-0.25, -0.2) is 4.39 Å². The molecule has 106 valence electrons. The molecule has 1 saturated carbocycles. The Morgan fingerprint density at radius 2 is 1.89 bits per heavy atom. The molecule has 1 aromatic carbocycles. The van der Waals surface area contributed by atoms with Gasteiger partial charge in [0.15, 0.2) is 0 Å². The van der Waals surface area contributed by atoms with Gasteiger partial charge in [0.05, 0.1) is 0 Å². The number of aryl methyl sites for hydroxylation is 1. The van der Waals surface area contributed by atoms with Crippen molar-refractivity contribution in [3.63, 3.8) is 0 Å². The number of hydrogen-bond donors (Lipinski definition) is 1. The van der Waals surface area contributed by atoms with Crippen molar-refractivity contribution in [3.05, 3.63) is 34.1 Å². The van der Waals surface area contributed by atoms with Crippen LogP contribution in [-0.4, -0.2) is 0 Å². The summed E-state index contributed by atoms with van der Waals surface area (Å²) < 4.78 is 13.4. The van der Waals surface area contributed by atoms with E-state index in [1.165, 1.54) is 44.6 Å². The first-order valence-electron chi connectivity index (χ1n) is 7.29. The van der Waals surface area contributed by atoms with Gasteiger partial charge in [-0.05, 0) is 36.5 Å². The van der Waals surface area contributed by atoms with E-state index in [1.54, 1.807) is 13.0 Å². The van der Waals surface area contributed by atoms with Crippen molar-refractivity contribution in [1.29, 1.82) is 0 Å². The van der Waals surface area contributed by atoms with Crippen molar-refractivity contribution in [2.75, 3.05) is 0 Å². The fourth-order valence-electron chi connectivity index (χ4n) is 3.05. The Bertz CT molecular complexity index is 425. The van der Waals surface area contributed by atoms with Crippen molar-refractivity contribution in [1.82, 2.24) is 0 Å². The molecule has 2 rings (SSSR count). The van der Waals surface area contributed by atoms with Crippen molar-refractivity contribution in [2.24, 2.45) is 11.7 Å². The maximum Gasteiger partial charge on any atom is 0.127 e. The number of benzene rings is 1. The zero-order valence-corrected chi connectivity index (χ0v) is 12.3. The fourth-order valence-corrected chi connectivity index (χ4v) is 3.34. The lowest BCUT2D eigenvalue weighted by Crippen LogP contribution is -2.16. The second-order valence-electron chi connectivity index (χ2n) is 5.82. The molecule has 0 bridgehead atoms. The van der Waals surface area contributed by atoms with E-state index >= 15 is 0 Å². The standard InChI is InChI=1S/C16H23ClFN/c1-11-8-13(14(17)10-15(11)18)16(19)9-12-6-4-2-3-5-7-12/h8,10,12,16H,2-7,9,19H2,1H3. The predicted molar refractivity (Wildman–Crippen MR) is 78.9 cm³/mol. The monoisotopic (exact) mass is 283 g/mol. The summed E-state index contributed by atoms with van der Waals surface area (Å²) in [6, 6.07) is 3.12. The molecule has 2 N–H and O–H groups in total. The maximum absolute atomic E-state index is 13.4. The van der Waals surface area contributed by atoms with Gasteiger partial charge in [0, 0.05) is 11.1 Å². The highest BCUT2D eigenvalue weighted by Gasteiger charge is 2.19. The predicted octanol–water partition coefficient (Wildman–Crippen LogP) is 5.15. The first-order valence-corrected chi connectivity index (χ1v) is 7.67. The molecule has 1 unspecified atom stereocenters. The first kappa shape index (κ1) is 14.8. The molecule has 3 heteroatoms. The number of nitrogens with two attached hydrogens (primary N) is 1. The van der Waals surface area contributed by atoms with Gasteiger partial charge in [0.25, 0.3) is 0 Å². The summed E-state index contributed by atoms with van der Waals surface area (Å²) in [4.78, 5) is 0. The highest BCUT2D eigenvalue weighted by Crippen LogP contribution is 2.33. The van der Waals surface area contributed by atoms with Crippen LogP contribution in [0.5, 0.6) is 0 Å². The second-order valence-corrected chi connectivity index (χ2v) is 6.23. The van der Waals surface area contributed by atoms with E-state index in [0.717, 1.165) is 12.0 Å². The molecular weight excluding hydrogens is 261 g/mol.